The van der Waals surface area contributed by atoms with Crippen LogP contribution in [0.5, 0.6) is 0 Å². The molecule has 3 rings (SSSR count). The van der Waals surface area contributed by atoms with Crippen molar-refractivity contribution in [2.45, 2.75) is 32.4 Å². The predicted molar refractivity (Wildman–Crippen MR) is 135 cm³/mol. The molecule has 1 amide bonds. The molecule has 0 spiro atoms. The molecule has 0 aliphatic heterocycles. The molecule has 1 aromatic heterocycles. The number of nitrogens with zero attached hydrogens (tertiary/aromatic N) is 3. The van der Waals surface area contributed by atoms with E-state index in [1.807, 2.05) is 19.1 Å². The van der Waals surface area contributed by atoms with Crippen LogP contribution in [0.3, 0.4) is 0 Å². The van der Waals surface area contributed by atoms with Crippen LogP contribution in [-0.2, 0) is 16.0 Å². The Kier molecular flexibility index (Phi) is 9.47. The zero-order valence-electron chi connectivity index (χ0n) is 19.6. The Bertz CT molecular complexity index is 1180. The van der Waals surface area contributed by atoms with Crippen LogP contribution >= 0.6 is 23.2 Å². The lowest BCUT2D eigenvalue weighted by molar-refractivity contribution is 0.0629. The first-order chi connectivity index (χ1) is 16.4. The number of halogens is 2. The van der Waals surface area contributed by atoms with Crippen LogP contribution in [-0.4, -0.2) is 54.3 Å². The minimum Gasteiger partial charge on any atom is -0.385 e. The van der Waals surface area contributed by atoms with Gasteiger partial charge in [-0.05, 0) is 43.2 Å². The zero-order chi connectivity index (χ0) is 24.7. The van der Waals surface area contributed by atoms with Gasteiger partial charge in [-0.25, -0.2) is 4.98 Å². The summed E-state index contributed by atoms with van der Waals surface area (Å²) in [5.74, 6) is 0.273. The zero-order valence-corrected chi connectivity index (χ0v) is 21.1. The van der Waals surface area contributed by atoms with Crippen LogP contribution < -0.4 is 5.56 Å². The maximum Gasteiger partial charge on any atom is 0.261 e. The molecule has 0 radical (unpaired) electrons. The number of aromatic nitrogens is 2. The third-order valence-corrected chi connectivity index (χ3v) is 6.03. The average molecular weight is 506 g/mol. The molecule has 9 heteroatoms. The number of carbonyl (C=O) groups excluding carboxylic acids is 1. The van der Waals surface area contributed by atoms with Crippen LogP contribution in [0.25, 0.3) is 10.9 Å². The highest BCUT2D eigenvalue weighted by molar-refractivity contribution is 6.35. The molecule has 0 saturated heterocycles. The fourth-order valence-corrected chi connectivity index (χ4v) is 4.53. The van der Waals surface area contributed by atoms with Gasteiger partial charge in [-0.15, -0.1) is 0 Å². The number of ether oxygens (including phenoxy) is 2. The normalized spacial score (nSPS) is 12.1. The van der Waals surface area contributed by atoms with Crippen molar-refractivity contribution < 1.29 is 14.3 Å². The van der Waals surface area contributed by atoms with Crippen LogP contribution in [0, 0.1) is 0 Å². The van der Waals surface area contributed by atoms with Gasteiger partial charge in [0, 0.05) is 43.0 Å². The Morgan fingerprint density at radius 3 is 2.41 bits per heavy atom. The minimum absolute atomic E-state index is 0.161. The molecule has 2 aromatic carbocycles. The summed E-state index contributed by atoms with van der Waals surface area (Å²) in [7, 11) is 3.20. The largest absolute Gasteiger partial charge is 0.385 e. The Balaban J connectivity index is 2.15. The lowest BCUT2D eigenvalue weighted by Gasteiger charge is -2.32. The number of para-hydroxylation sites is 1. The monoisotopic (exact) mass is 505 g/mol. The fraction of sp³-hybridized carbons (Fsp3) is 0.400. The van der Waals surface area contributed by atoms with Gasteiger partial charge in [0.05, 0.1) is 30.1 Å². The van der Waals surface area contributed by atoms with E-state index in [-0.39, 0.29) is 11.5 Å². The molecular weight excluding hydrogens is 477 g/mol. The number of benzene rings is 2. The summed E-state index contributed by atoms with van der Waals surface area (Å²) in [6.45, 7) is 3.52. The Hall–Kier alpha value is -2.45. The molecule has 0 bridgehead atoms. The van der Waals surface area contributed by atoms with Crippen molar-refractivity contribution in [1.82, 2.24) is 14.5 Å². The van der Waals surface area contributed by atoms with Crippen LogP contribution in [0.2, 0.25) is 10.0 Å². The third kappa shape index (κ3) is 5.96. The topological polar surface area (TPSA) is 73.7 Å². The van der Waals surface area contributed by atoms with Crippen molar-refractivity contribution in [3.8, 4) is 0 Å². The second-order valence-corrected chi connectivity index (χ2v) is 8.74. The summed E-state index contributed by atoms with van der Waals surface area (Å²) in [5, 5.41) is 1.28. The number of methoxy groups -OCH3 is 2. The van der Waals surface area contributed by atoms with E-state index in [9.17, 15) is 9.59 Å². The fourth-order valence-electron chi connectivity index (χ4n) is 4.00. The molecule has 182 valence electrons. The van der Waals surface area contributed by atoms with E-state index in [1.165, 1.54) is 0 Å². The second kappa shape index (κ2) is 12.3. The van der Waals surface area contributed by atoms with Gasteiger partial charge in [0.25, 0.3) is 11.5 Å². The maximum absolute atomic E-state index is 13.7. The van der Waals surface area contributed by atoms with E-state index >= 15 is 0 Å². The first-order valence-corrected chi connectivity index (χ1v) is 11.9. The van der Waals surface area contributed by atoms with Gasteiger partial charge < -0.3 is 14.4 Å². The van der Waals surface area contributed by atoms with Gasteiger partial charge in [0.1, 0.15) is 5.82 Å². The van der Waals surface area contributed by atoms with E-state index in [0.29, 0.717) is 71.5 Å². The second-order valence-electron chi connectivity index (χ2n) is 7.86. The minimum atomic E-state index is -0.462. The van der Waals surface area contributed by atoms with Gasteiger partial charge >= 0.3 is 0 Å². The highest BCUT2D eigenvalue weighted by Gasteiger charge is 2.29. The highest BCUT2D eigenvalue weighted by Crippen LogP contribution is 2.28. The summed E-state index contributed by atoms with van der Waals surface area (Å²) in [6, 6.07) is 11.5. The molecule has 34 heavy (non-hydrogen) atoms. The molecule has 1 unspecified atom stereocenters. The quantitative estimate of drug-likeness (QED) is 0.343. The van der Waals surface area contributed by atoms with E-state index in [0.717, 1.165) is 0 Å². The van der Waals surface area contributed by atoms with E-state index < -0.39 is 6.04 Å². The van der Waals surface area contributed by atoms with Crippen LogP contribution in [0.1, 0.15) is 42.0 Å². The first kappa shape index (κ1) is 26.2. The predicted octanol–water partition coefficient (Wildman–Crippen LogP) is 4.98. The molecule has 1 heterocycles. The molecule has 7 nitrogen and oxygen atoms in total. The Morgan fingerprint density at radius 2 is 1.76 bits per heavy atom. The van der Waals surface area contributed by atoms with E-state index in [4.69, 9.17) is 37.7 Å². The standard InChI is InChI=1S/C25H29Cl2N3O4/c1-4-22(23-28-21-9-6-5-8-20(21)25(32)30(23)11-13-34-3)29(10-7-12-33-2)24(31)17-14-18(26)16-19(27)15-17/h5-6,8-9,14-16,22H,4,7,10-13H2,1-3H3. The number of rotatable bonds is 11. The number of hydrogen-bond donors (Lipinski definition) is 0. The molecule has 0 N–H and O–H groups in total. The summed E-state index contributed by atoms with van der Waals surface area (Å²) < 4.78 is 12.1. The lowest BCUT2D eigenvalue weighted by Crippen LogP contribution is -2.40. The van der Waals surface area contributed by atoms with Gasteiger partial charge in [0.2, 0.25) is 0 Å². The molecule has 0 fully saturated rings. The van der Waals surface area contributed by atoms with Crippen LogP contribution in [0.4, 0.5) is 0 Å². The summed E-state index contributed by atoms with van der Waals surface area (Å²) >= 11 is 12.4. The summed E-state index contributed by atoms with van der Waals surface area (Å²) in [5.41, 5.74) is 0.802. The Morgan fingerprint density at radius 1 is 1.09 bits per heavy atom. The van der Waals surface area contributed by atoms with Crippen LogP contribution in [0.15, 0.2) is 47.3 Å². The van der Waals surface area contributed by atoms with Gasteiger partial charge in [0.15, 0.2) is 0 Å². The number of amides is 1. The van der Waals surface area contributed by atoms with Crippen molar-refractivity contribution >= 4 is 40.0 Å². The molecule has 0 saturated carbocycles. The Labute approximate surface area is 209 Å². The molecule has 0 aliphatic rings. The third-order valence-electron chi connectivity index (χ3n) is 5.59. The summed E-state index contributed by atoms with van der Waals surface area (Å²) in [4.78, 5) is 33.7. The van der Waals surface area contributed by atoms with Gasteiger partial charge in [-0.2, -0.15) is 0 Å². The van der Waals surface area contributed by atoms with Crippen molar-refractivity contribution in [3.05, 3.63) is 74.3 Å². The van der Waals surface area contributed by atoms with Crippen molar-refractivity contribution in [3.63, 3.8) is 0 Å². The average Bonchev–Trinajstić information content (AvgIpc) is 2.82. The number of fused-ring (bicyclic) bond motifs is 1. The SMILES string of the molecule is CCC(c1nc2ccccc2c(=O)n1CCOC)N(CCCOC)C(=O)c1cc(Cl)cc(Cl)c1. The van der Waals surface area contributed by atoms with E-state index in [2.05, 4.69) is 0 Å². The molecule has 1 atom stereocenters. The van der Waals surface area contributed by atoms with Crippen molar-refractivity contribution in [2.75, 3.05) is 34.0 Å². The number of hydrogen-bond acceptors (Lipinski definition) is 5. The van der Waals surface area contributed by atoms with Gasteiger partial charge in [-0.1, -0.05) is 42.3 Å². The lowest BCUT2D eigenvalue weighted by atomic mass is 10.1. The van der Waals surface area contributed by atoms with E-state index in [1.54, 1.807) is 54.0 Å². The molecule has 0 aliphatic carbocycles. The molecular formula is C25H29Cl2N3O4. The maximum atomic E-state index is 13.7. The molecule has 3 aromatic rings. The van der Waals surface area contributed by atoms with Crippen molar-refractivity contribution in [1.29, 1.82) is 0 Å². The first-order valence-electron chi connectivity index (χ1n) is 11.2. The number of carbonyl (C=O) groups is 1. The smallest absolute Gasteiger partial charge is 0.261 e. The highest BCUT2D eigenvalue weighted by atomic mass is 35.5. The summed E-state index contributed by atoms with van der Waals surface area (Å²) in [6.07, 6.45) is 1.16. The van der Waals surface area contributed by atoms with Gasteiger partial charge in [-0.3, -0.25) is 14.2 Å². The van der Waals surface area contributed by atoms with Crippen molar-refractivity contribution in [2.24, 2.45) is 0 Å².